The number of nitrogens with zero attached hydrogens (tertiary/aromatic N) is 2. The third kappa shape index (κ3) is 3.54. The molecular weight excluding hydrogens is 390 g/mol. The van der Waals surface area contributed by atoms with Crippen molar-refractivity contribution in [3.63, 3.8) is 0 Å². The molecule has 0 aliphatic carbocycles. The molecule has 31 heavy (non-hydrogen) atoms. The molecule has 0 spiro atoms. The molecule has 2 aliphatic heterocycles. The molecule has 2 fully saturated rings. The molecule has 6 heteroatoms. The molecule has 0 unspecified atom stereocenters. The van der Waals surface area contributed by atoms with Gasteiger partial charge in [-0.15, -0.1) is 0 Å². The van der Waals surface area contributed by atoms with Crippen LogP contribution in [-0.2, 0) is 16.0 Å². The number of amides is 3. The van der Waals surface area contributed by atoms with Gasteiger partial charge in [0.1, 0.15) is 12.1 Å². The van der Waals surface area contributed by atoms with Gasteiger partial charge in [0, 0.05) is 25.1 Å². The van der Waals surface area contributed by atoms with Crippen molar-refractivity contribution in [3.05, 3.63) is 83.9 Å². The summed E-state index contributed by atoms with van der Waals surface area (Å²) in [6, 6.07) is 21.9. The second-order valence-corrected chi connectivity index (χ2v) is 8.08. The fourth-order valence-electron chi connectivity index (χ4n) is 4.56. The lowest BCUT2D eigenvalue weighted by Gasteiger charge is -2.45. The van der Waals surface area contributed by atoms with Gasteiger partial charge in [-0.25, -0.2) is 0 Å². The van der Waals surface area contributed by atoms with Crippen LogP contribution in [0.3, 0.4) is 0 Å². The molecule has 0 bridgehead atoms. The van der Waals surface area contributed by atoms with Gasteiger partial charge < -0.3 is 15.1 Å². The number of hydrogen-bond acceptors (Lipinski definition) is 3. The maximum atomic E-state index is 13.3. The SMILES string of the molecule is O=C1N[C@@H](Cc2ccccc2)C(=O)N2CCN(C(=O)c3cccc4ccccc34)C[C@H]12. The topological polar surface area (TPSA) is 69.7 Å². The Hall–Kier alpha value is -3.67. The van der Waals surface area contributed by atoms with E-state index in [1.165, 1.54) is 0 Å². The van der Waals surface area contributed by atoms with Crippen LogP contribution in [0.25, 0.3) is 10.8 Å². The first-order valence-corrected chi connectivity index (χ1v) is 10.5. The Morgan fingerprint density at radius 2 is 1.65 bits per heavy atom. The average molecular weight is 413 g/mol. The molecule has 1 N–H and O–H groups in total. The molecule has 156 valence electrons. The Bertz CT molecular complexity index is 1160. The number of hydrogen-bond donors (Lipinski definition) is 1. The number of fused-ring (bicyclic) bond motifs is 2. The zero-order valence-corrected chi connectivity index (χ0v) is 17.0. The predicted octanol–water partition coefficient (Wildman–Crippen LogP) is 2.23. The first kappa shape index (κ1) is 19.3. The van der Waals surface area contributed by atoms with Gasteiger partial charge in [0.2, 0.25) is 11.8 Å². The highest BCUT2D eigenvalue weighted by Gasteiger charge is 2.44. The molecular formula is C25H23N3O3. The van der Waals surface area contributed by atoms with E-state index in [4.69, 9.17) is 0 Å². The molecule has 2 saturated heterocycles. The molecule has 2 atom stereocenters. The number of nitrogens with one attached hydrogen (secondary N) is 1. The standard InChI is InChI=1S/C25H23N3O3/c29-23-22-16-27(24(30)20-12-6-10-18-9-4-5-11-19(18)20)13-14-28(22)25(31)21(26-23)15-17-7-2-1-3-8-17/h1-12,21-22H,13-16H2,(H,26,29)/t21-,22+/m0/s1. The Labute approximate surface area is 180 Å². The fourth-order valence-corrected chi connectivity index (χ4v) is 4.56. The van der Waals surface area contributed by atoms with E-state index in [-0.39, 0.29) is 24.3 Å². The van der Waals surface area contributed by atoms with E-state index < -0.39 is 12.1 Å². The zero-order chi connectivity index (χ0) is 21.4. The minimum atomic E-state index is -0.646. The smallest absolute Gasteiger partial charge is 0.254 e. The highest BCUT2D eigenvalue weighted by molar-refractivity contribution is 6.07. The second-order valence-electron chi connectivity index (χ2n) is 8.08. The Morgan fingerprint density at radius 3 is 2.48 bits per heavy atom. The van der Waals surface area contributed by atoms with E-state index in [9.17, 15) is 14.4 Å². The monoisotopic (exact) mass is 413 g/mol. The summed E-state index contributed by atoms with van der Waals surface area (Å²) < 4.78 is 0. The van der Waals surface area contributed by atoms with Crippen LogP contribution < -0.4 is 5.32 Å². The van der Waals surface area contributed by atoms with Crippen molar-refractivity contribution in [3.8, 4) is 0 Å². The molecule has 3 aromatic rings. The van der Waals surface area contributed by atoms with Gasteiger partial charge in [-0.05, 0) is 22.4 Å². The largest absolute Gasteiger partial charge is 0.342 e. The third-order valence-electron chi connectivity index (χ3n) is 6.17. The van der Waals surface area contributed by atoms with E-state index in [2.05, 4.69) is 5.32 Å². The van der Waals surface area contributed by atoms with Crippen molar-refractivity contribution in [1.82, 2.24) is 15.1 Å². The van der Waals surface area contributed by atoms with Crippen molar-refractivity contribution < 1.29 is 14.4 Å². The van der Waals surface area contributed by atoms with Crippen molar-refractivity contribution in [2.45, 2.75) is 18.5 Å². The maximum absolute atomic E-state index is 13.3. The lowest BCUT2D eigenvalue weighted by Crippen LogP contribution is -2.70. The second kappa shape index (κ2) is 7.87. The van der Waals surface area contributed by atoms with E-state index in [1.54, 1.807) is 9.80 Å². The number of piperazine rings is 2. The van der Waals surface area contributed by atoms with Gasteiger partial charge in [0.15, 0.2) is 0 Å². The molecule has 6 nitrogen and oxygen atoms in total. The number of carbonyl (C=O) groups is 3. The Morgan fingerprint density at radius 1 is 0.903 bits per heavy atom. The summed E-state index contributed by atoms with van der Waals surface area (Å²) in [6.07, 6.45) is 0.466. The van der Waals surface area contributed by atoms with Gasteiger partial charge in [0.05, 0.1) is 6.54 Å². The minimum absolute atomic E-state index is 0.0780. The molecule has 2 aliphatic rings. The molecule has 0 aromatic heterocycles. The summed E-state index contributed by atoms with van der Waals surface area (Å²) in [4.78, 5) is 42.5. The van der Waals surface area contributed by atoms with E-state index in [1.807, 2.05) is 72.8 Å². The summed E-state index contributed by atoms with van der Waals surface area (Å²) in [6.45, 7) is 0.978. The maximum Gasteiger partial charge on any atom is 0.254 e. The van der Waals surface area contributed by atoms with E-state index in [0.717, 1.165) is 16.3 Å². The van der Waals surface area contributed by atoms with Crippen molar-refractivity contribution >= 4 is 28.5 Å². The van der Waals surface area contributed by atoms with Crippen LogP contribution in [-0.4, -0.2) is 59.2 Å². The van der Waals surface area contributed by atoms with E-state index in [0.29, 0.717) is 25.1 Å². The molecule has 0 saturated carbocycles. The van der Waals surface area contributed by atoms with Crippen molar-refractivity contribution in [2.24, 2.45) is 0 Å². The highest BCUT2D eigenvalue weighted by Crippen LogP contribution is 2.23. The van der Waals surface area contributed by atoms with Gasteiger partial charge in [-0.2, -0.15) is 0 Å². The van der Waals surface area contributed by atoms with Crippen molar-refractivity contribution in [2.75, 3.05) is 19.6 Å². The zero-order valence-electron chi connectivity index (χ0n) is 17.0. The summed E-state index contributed by atoms with van der Waals surface area (Å²) in [5, 5.41) is 4.77. The number of benzene rings is 3. The average Bonchev–Trinajstić information content (AvgIpc) is 2.82. The summed E-state index contributed by atoms with van der Waals surface area (Å²) in [5.74, 6) is -0.384. The first-order valence-electron chi connectivity index (χ1n) is 10.5. The Balaban J connectivity index is 1.33. The van der Waals surface area contributed by atoms with Gasteiger partial charge in [-0.3, -0.25) is 14.4 Å². The lowest BCUT2D eigenvalue weighted by atomic mass is 9.98. The normalized spacial score (nSPS) is 21.0. The van der Waals surface area contributed by atoms with E-state index >= 15 is 0 Å². The van der Waals surface area contributed by atoms with Crippen LogP contribution >= 0.6 is 0 Å². The summed E-state index contributed by atoms with van der Waals surface area (Å²) in [7, 11) is 0. The molecule has 0 radical (unpaired) electrons. The minimum Gasteiger partial charge on any atom is -0.342 e. The van der Waals surface area contributed by atoms with Gasteiger partial charge >= 0.3 is 0 Å². The van der Waals surface area contributed by atoms with Crippen LogP contribution in [0.15, 0.2) is 72.8 Å². The number of carbonyl (C=O) groups excluding carboxylic acids is 3. The third-order valence-corrected chi connectivity index (χ3v) is 6.17. The summed E-state index contributed by atoms with van der Waals surface area (Å²) >= 11 is 0. The predicted molar refractivity (Wildman–Crippen MR) is 117 cm³/mol. The van der Waals surface area contributed by atoms with Gasteiger partial charge in [-0.1, -0.05) is 66.7 Å². The number of rotatable bonds is 3. The van der Waals surface area contributed by atoms with Crippen LogP contribution in [0, 0.1) is 0 Å². The first-order chi connectivity index (χ1) is 15.1. The Kier molecular flexibility index (Phi) is 4.90. The van der Waals surface area contributed by atoms with Gasteiger partial charge in [0.25, 0.3) is 5.91 Å². The van der Waals surface area contributed by atoms with Crippen LogP contribution in [0.5, 0.6) is 0 Å². The van der Waals surface area contributed by atoms with Crippen LogP contribution in [0.4, 0.5) is 0 Å². The quantitative estimate of drug-likeness (QED) is 0.716. The highest BCUT2D eigenvalue weighted by atomic mass is 16.2. The lowest BCUT2D eigenvalue weighted by molar-refractivity contribution is -0.152. The van der Waals surface area contributed by atoms with Crippen LogP contribution in [0.1, 0.15) is 15.9 Å². The molecule has 2 heterocycles. The van der Waals surface area contributed by atoms with Crippen LogP contribution in [0.2, 0.25) is 0 Å². The fraction of sp³-hybridized carbons (Fsp3) is 0.240. The molecule has 5 rings (SSSR count). The van der Waals surface area contributed by atoms with Crippen molar-refractivity contribution in [1.29, 1.82) is 0 Å². The molecule has 3 amide bonds. The molecule has 3 aromatic carbocycles. The summed E-state index contributed by atoms with van der Waals surface area (Å²) in [5.41, 5.74) is 1.63.